The molecule has 1 heterocycles. The molecule has 0 radical (unpaired) electrons. The Morgan fingerprint density at radius 1 is 0.935 bits per heavy atom. The Hall–Kier alpha value is -2.73. The summed E-state index contributed by atoms with van der Waals surface area (Å²) in [5.74, 6) is 1.93. The SMILES string of the molecule is CCCN1CCN(C(=O)c2ccc(-c3cc(OC)c(OC(C)C)c(OC)c3)cc2)CC1. The summed E-state index contributed by atoms with van der Waals surface area (Å²) in [5.41, 5.74) is 2.64. The van der Waals surface area contributed by atoms with E-state index in [1.54, 1.807) is 14.2 Å². The zero-order chi connectivity index (χ0) is 22.4. The molecule has 0 atom stereocenters. The van der Waals surface area contributed by atoms with Crippen LogP contribution in [0.1, 0.15) is 37.6 Å². The quantitative estimate of drug-likeness (QED) is 0.629. The Labute approximate surface area is 185 Å². The Balaban J connectivity index is 1.77. The third kappa shape index (κ3) is 5.50. The van der Waals surface area contributed by atoms with Crippen LogP contribution in [0.5, 0.6) is 17.2 Å². The van der Waals surface area contributed by atoms with Crippen LogP contribution in [0.3, 0.4) is 0 Å². The molecule has 0 spiro atoms. The van der Waals surface area contributed by atoms with E-state index in [2.05, 4.69) is 11.8 Å². The van der Waals surface area contributed by atoms with Crippen molar-refractivity contribution in [2.75, 3.05) is 46.9 Å². The molecule has 0 N–H and O–H groups in total. The minimum absolute atomic E-state index is 0.00258. The minimum atomic E-state index is 0.00258. The van der Waals surface area contributed by atoms with Crippen molar-refractivity contribution in [3.63, 3.8) is 0 Å². The third-order valence-electron chi connectivity index (χ3n) is 5.48. The van der Waals surface area contributed by atoms with Gasteiger partial charge in [0.25, 0.3) is 5.91 Å². The lowest BCUT2D eigenvalue weighted by Crippen LogP contribution is -2.48. The second kappa shape index (κ2) is 10.5. The first-order valence-electron chi connectivity index (χ1n) is 11.0. The van der Waals surface area contributed by atoms with Crippen molar-refractivity contribution in [2.24, 2.45) is 0 Å². The highest BCUT2D eigenvalue weighted by atomic mass is 16.5. The van der Waals surface area contributed by atoms with E-state index < -0.39 is 0 Å². The monoisotopic (exact) mass is 426 g/mol. The number of piperazine rings is 1. The summed E-state index contributed by atoms with van der Waals surface area (Å²) in [6, 6.07) is 11.6. The van der Waals surface area contributed by atoms with Crippen LogP contribution in [0.15, 0.2) is 36.4 Å². The summed E-state index contributed by atoms with van der Waals surface area (Å²) < 4.78 is 17.0. The zero-order valence-corrected chi connectivity index (χ0v) is 19.3. The second-order valence-electron chi connectivity index (χ2n) is 8.09. The van der Waals surface area contributed by atoms with Gasteiger partial charge in [0.1, 0.15) is 0 Å². The molecule has 6 nitrogen and oxygen atoms in total. The normalized spacial score (nSPS) is 14.6. The summed E-state index contributed by atoms with van der Waals surface area (Å²) in [7, 11) is 3.24. The van der Waals surface area contributed by atoms with Crippen molar-refractivity contribution >= 4 is 5.91 Å². The van der Waals surface area contributed by atoms with E-state index in [1.807, 2.05) is 55.1 Å². The Morgan fingerprint density at radius 2 is 1.52 bits per heavy atom. The smallest absolute Gasteiger partial charge is 0.253 e. The topological polar surface area (TPSA) is 51.2 Å². The zero-order valence-electron chi connectivity index (χ0n) is 19.3. The number of methoxy groups -OCH3 is 2. The lowest BCUT2D eigenvalue weighted by atomic mass is 10.0. The fourth-order valence-electron chi connectivity index (χ4n) is 3.88. The maximum Gasteiger partial charge on any atom is 0.253 e. The van der Waals surface area contributed by atoms with E-state index in [1.165, 1.54) is 0 Å². The van der Waals surface area contributed by atoms with Crippen LogP contribution in [0.2, 0.25) is 0 Å². The molecule has 1 saturated heterocycles. The van der Waals surface area contributed by atoms with Crippen molar-refractivity contribution in [3.8, 4) is 28.4 Å². The molecule has 1 aliphatic heterocycles. The molecule has 2 aromatic carbocycles. The van der Waals surface area contributed by atoms with Crippen molar-refractivity contribution in [1.29, 1.82) is 0 Å². The first kappa shape index (κ1) is 22.9. The molecule has 1 fully saturated rings. The van der Waals surface area contributed by atoms with E-state index in [0.717, 1.165) is 50.3 Å². The maximum absolute atomic E-state index is 12.9. The number of ether oxygens (including phenoxy) is 3. The van der Waals surface area contributed by atoms with Gasteiger partial charge in [0.15, 0.2) is 11.5 Å². The summed E-state index contributed by atoms with van der Waals surface area (Å²) >= 11 is 0. The van der Waals surface area contributed by atoms with E-state index in [9.17, 15) is 4.79 Å². The van der Waals surface area contributed by atoms with Crippen molar-refractivity contribution in [2.45, 2.75) is 33.3 Å². The van der Waals surface area contributed by atoms with Crippen molar-refractivity contribution < 1.29 is 19.0 Å². The number of amides is 1. The van der Waals surface area contributed by atoms with Gasteiger partial charge in [-0.2, -0.15) is 0 Å². The van der Waals surface area contributed by atoms with E-state index in [0.29, 0.717) is 22.8 Å². The van der Waals surface area contributed by atoms with Gasteiger partial charge in [-0.15, -0.1) is 0 Å². The van der Waals surface area contributed by atoms with Crippen LogP contribution < -0.4 is 14.2 Å². The molecule has 6 heteroatoms. The Morgan fingerprint density at radius 3 is 2.00 bits per heavy atom. The van der Waals surface area contributed by atoms with Gasteiger partial charge in [-0.3, -0.25) is 9.69 Å². The third-order valence-corrected chi connectivity index (χ3v) is 5.48. The van der Waals surface area contributed by atoms with Gasteiger partial charge < -0.3 is 19.1 Å². The number of benzene rings is 2. The molecule has 0 aromatic heterocycles. The molecule has 2 aromatic rings. The largest absolute Gasteiger partial charge is 0.493 e. The van der Waals surface area contributed by atoms with E-state index in [4.69, 9.17) is 14.2 Å². The molecule has 31 heavy (non-hydrogen) atoms. The molecular weight excluding hydrogens is 392 g/mol. The summed E-state index contributed by atoms with van der Waals surface area (Å²) in [5, 5.41) is 0. The Bertz CT molecular complexity index is 847. The van der Waals surface area contributed by atoms with Crippen molar-refractivity contribution in [3.05, 3.63) is 42.0 Å². The lowest BCUT2D eigenvalue weighted by Gasteiger charge is -2.34. The van der Waals surface area contributed by atoms with Crippen LogP contribution in [-0.4, -0.2) is 68.8 Å². The summed E-state index contributed by atoms with van der Waals surface area (Å²) in [6.45, 7) is 10.7. The highest BCUT2D eigenvalue weighted by Crippen LogP contribution is 2.42. The molecule has 0 unspecified atom stereocenters. The maximum atomic E-state index is 12.9. The molecule has 3 rings (SSSR count). The first-order chi connectivity index (χ1) is 15.0. The standard InChI is InChI=1S/C25H34N2O4/c1-6-11-26-12-14-27(15-13-26)25(28)20-9-7-19(8-10-20)21-16-22(29-4)24(31-18(2)3)23(17-21)30-5/h7-10,16-18H,6,11-15H2,1-5H3. The van der Waals surface area contributed by atoms with Gasteiger partial charge in [0, 0.05) is 31.7 Å². The van der Waals surface area contributed by atoms with Crippen LogP contribution in [0, 0.1) is 0 Å². The average molecular weight is 427 g/mol. The average Bonchev–Trinajstić information content (AvgIpc) is 2.79. The number of rotatable bonds is 8. The van der Waals surface area contributed by atoms with Crippen LogP contribution >= 0.6 is 0 Å². The number of nitrogens with zero attached hydrogens (tertiary/aromatic N) is 2. The number of carbonyl (C=O) groups excluding carboxylic acids is 1. The number of carbonyl (C=O) groups is 1. The van der Waals surface area contributed by atoms with E-state index in [-0.39, 0.29) is 12.0 Å². The van der Waals surface area contributed by atoms with Crippen LogP contribution in [0.25, 0.3) is 11.1 Å². The molecule has 1 aliphatic rings. The number of hydrogen-bond acceptors (Lipinski definition) is 5. The van der Waals surface area contributed by atoms with Crippen LogP contribution in [0.4, 0.5) is 0 Å². The molecule has 0 aliphatic carbocycles. The molecular formula is C25H34N2O4. The number of hydrogen-bond donors (Lipinski definition) is 0. The van der Waals surface area contributed by atoms with Crippen molar-refractivity contribution in [1.82, 2.24) is 9.80 Å². The van der Waals surface area contributed by atoms with Gasteiger partial charge in [-0.1, -0.05) is 19.1 Å². The Kier molecular flexibility index (Phi) is 7.80. The predicted molar refractivity (Wildman–Crippen MR) is 123 cm³/mol. The second-order valence-corrected chi connectivity index (χ2v) is 8.09. The van der Waals surface area contributed by atoms with Gasteiger partial charge in [-0.05, 0) is 62.2 Å². The lowest BCUT2D eigenvalue weighted by molar-refractivity contribution is 0.0637. The minimum Gasteiger partial charge on any atom is -0.493 e. The predicted octanol–water partition coefficient (Wildman–Crippen LogP) is 4.33. The molecule has 0 saturated carbocycles. The fourth-order valence-corrected chi connectivity index (χ4v) is 3.88. The van der Waals surface area contributed by atoms with Gasteiger partial charge >= 0.3 is 0 Å². The molecule has 0 bridgehead atoms. The summed E-state index contributed by atoms with van der Waals surface area (Å²) in [4.78, 5) is 17.3. The molecule has 1 amide bonds. The summed E-state index contributed by atoms with van der Waals surface area (Å²) in [6.07, 6.45) is 1.15. The first-order valence-corrected chi connectivity index (χ1v) is 11.0. The molecule has 168 valence electrons. The highest BCUT2D eigenvalue weighted by molar-refractivity contribution is 5.94. The van der Waals surface area contributed by atoms with Crippen LogP contribution in [-0.2, 0) is 0 Å². The van der Waals surface area contributed by atoms with Gasteiger partial charge in [-0.25, -0.2) is 0 Å². The highest BCUT2D eigenvalue weighted by Gasteiger charge is 2.22. The van der Waals surface area contributed by atoms with Gasteiger partial charge in [0.2, 0.25) is 5.75 Å². The van der Waals surface area contributed by atoms with E-state index >= 15 is 0 Å². The fraction of sp³-hybridized carbons (Fsp3) is 0.480. The van der Waals surface area contributed by atoms with Gasteiger partial charge in [0.05, 0.1) is 20.3 Å².